The molecule has 0 N–H and O–H groups in total. The largest absolute Gasteiger partial charge is 0.197 e. The zero-order chi connectivity index (χ0) is 19.8. The van der Waals surface area contributed by atoms with Crippen LogP contribution in [0.3, 0.4) is 0 Å². The lowest BCUT2D eigenvalue weighted by atomic mass is 9.67. The number of nitriles is 1. The van der Waals surface area contributed by atoms with Crippen molar-refractivity contribution >= 4 is 0 Å². The van der Waals surface area contributed by atoms with Gasteiger partial charge in [-0.15, -0.1) is 0 Å². The van der Waals surface area contributed by atoms with Crippen molar-refractivity contribution in [3.05, 3.63) is 59.7 Å². The van der Waals surface area contributed by atoms with Crippen LogP contribution in [0.2, 0.25) is 0 Å². The van der Waals surface area contributed by atoms with Crippen LogP contribution < -0.4 is 0 Å². The lowest BCUT2D eigenvalue weighted by Gasteiger charge is -2.35. The number of rotatable bonds is 8. The standard InChI is InChI=1S/C27H35N/c1-3-5-6-8-23-9-11-24(12-10-23)25-13-15-26(16-14-25)27(21-28)19-17-22(7-4-2)18-20-27/h9-16,22H,3-8,17-20H2,1-2H3. The van der Waals surface area contributed by atoms with Crippen LogP contribution in [-0.4, -0.2) is 0 Å². The van der Waals surface area contributed by atoms with Crippen LogP contribution in [0.4, 0.5) is 0 Å². The average Bonchev–Trinajstić information content (AvgIpc) is 2.76. The van der Waals surface area contributed by atoms with Gasteiger partial charge in [0.2, 0.25) is 0 Å². The molecule has 0 aromatic heterocycles. The van der Waals surface area contributed by atoms with Crippen LogP contribution in [-0.2, 0) is 11.8 Å². The Hall–Kier alpha value is -2.07. The zero-order valence-electron chi connectivity index (χ0n) is 17.7. The van der Waals surface area contributed by atoms with E-state index in [1.54, 1.807) is 0 Å². The minimum atomic E-state index is -0.272. The van der Waals surface area contributed by atoms with Crippen molar-refractivity contribution in [3.63, 3.8) is 0 Å². The molecule has 1 aliphatic carbocycles. The molecule has 0 spiro atoms. The molecule has 1 nitrogen and oxygen atoms in total. The van der Waals surface area contributed by atoms with Gasteiger partial charge in [0.05, 0.1) is 11.5 Å². The van der Waals surface area contributed by atoms with Crippen molar-refractivity contribution in [1.82, 2.24) is 0 Å². The summed E-state index contributed by atoms with van der Waals surface area (Å²) in [5, 5.41) is 9.97. The highest BCUT2D eigenvalue weighted by Crippen LogP contribution is 2.42. The van der Waals surface area contributed by atoms with E-state index in [2.05, 4.69) is 68.4 Å². The lowest BCUT2D eigenvalue weighted by Crippen LogP contribution is -2.30. The van der Waals surface area contributed by atoms with Gasteiger partial charge in [-0.25, -0.2) is 0 Å². The lowest BCUT2D eigenvalue weighted by molar-refractivity contribution is 0.265. The van der Waals surface area contributed by atoms with E-state index in [0.717, 1.165) is 18.8 Å². The minimum Gasteiger partial charge on any atom is -0.197 e. The van der Waals surface area contributed by atoms with Gasteiger partial charge in [0.1, 0.15) is 0 Å². The van der Waals surface area contributed by atoms with Crippen LogP contribution in [0, 0.1) is 17.2 Å². The number of nitrogens with zero attached hydrogens (tertiary/aromatic N) is 1. The molecule has 1 aliphatic rings. The first-order valence-corrected chi connectivity index (χ1v) is 11.3. The molecule has 0 amide bonds. The van der Waals surface area contributed by atoms with Gasteiger partial charge in [-0.3, -0.25) is 0 Å². The normalized spacial score (nSPS) is 22.0. The van der Waals surface area contributed by atoms with Crippen LogP contribution >= 0.6 is 0 Å². The number of hydrogen-bond acceptors (Lipinski definition) is 1. The van der Waals surface area contributed by atoms with Gasteiger partial charge in [-0.05, 0) is 66.7 Å². The van der Waals surface area contributed by atoms with Crippen LogP contribution in [0.15, 0.2) is 48.5 Å². The highest BCUT2D eigenvalue weighted by molar-refractivity contribution is 5.64. The molecular weight excluding hydrogens is 338 g/mol. The van der Waals surface area contributed by atoms with Crippen molar-refractivity contribution in [2.45, 2.75) is 83.5 Å². The van der Waals surface area contributed by atoms with E-state index in [9.17, 15) is 5.26 Å². The summed E-state index contributed by atoms with van der Waals surface area (Å²) in [6.07, 6.45) is 12.0. The van der Waals surface area contributed by atoms with E-state index in [-0.39, 0.29) is 5.41 Å². The van der Waals surface area contributed by atoms with Crippen molar-refractivity contribution in [3.8, 4) is 17.2 Å². The molecule has 1 saturated carbocycles. The Morgan fingerprint density at radius 3 is 2.00 bits per heavy atom. The topological polar surface area (TPSA) is 23.8 Å². The molecule has 0 radical (unpaired) electrons. The van der Waals surface area contributed by atoms with E-state index in [0.29, 0.717) is 0 Å². The second kappa shape index (κ2) is 9.92. The molecule has 3 rings (SSSR count). The monoisotopic (exact) mass is 373 g/mol. The number of hydrogen-bond donors (Lipinski definition) is 0. The summed E-state index contributed by atoms with van der Waals surface area (Å²) in [6.45, 7) is 4.52. The molecule has 0 aliphatic heterocycles. The minimum absolute atomic E-state index is 0.272. The highest BCUT2D eigenvalue weighted by Gasteiger charge is 2.36. The molecule has 148 valence electrons. The molecule has 2 aromatic carbocycles. The fraction of sp³-hybridized carbons (Fsp3) is 0.519. The van der Waals surface area contributed by atoms with Crippen molar-refractivity contribution in [2.24, 2.45) is 5.92 Å². The average molecular weight is 374 g/mol. The summed E-state index contributed by atoms with van der Waals surface area (Å²) in [7, 11) is 0. The molecule has 0 heterocycles. The fourth-order valence-electron chi connectivity index (χ4n) is 4.76. The third-order valence-electron chi connectivity index (χ3n) is 6.66. The van der Waals surface area contributed by atoms with Gasteiger partial charge in [0.25, 0.3) is 0 Å². The third kappa shape index (κ3) is 4.85. The Morgan fingerprint density at radius 1 is 0.857 bits per heavy atom. The predicted octanol–water partition coefficient (Wildman–Crippen LogP) is 7.84. The van der Waals surface area contributed by atoms with Crippen LogP contribution in [0.5, 0.6) is 0 Å². The van der Waals surface area contributed by atoms with Crippen molar-refractivity contribution < 1.29 is 0 Å². The molecule has 0 bridgehead atoms. The summed E-state index contributed by atoms with van der Waals surface area (Å²) in [4.78, 5) is 0. The summed E-state index contributed by atoms with van der Waals surface area (Å²) < 4.78 is 0. The second-order valence-electron chi connectivity index (χ2n) is 8.66. The summed E-state index contributed by atoms with van der Waals surface area (Å²) in [5.74, 6) is 0.821. The summed E-state index contributed by atoms with van der Waals surface area (Å²) >= 11 is 0. The maximum absolute atomic E-state index is 9.97. The molecule has 1 heteroatoms. The second-order valence-corrected chi connectivity index (χ2v) is 8.66. The smallest absolute Gasteiger partial charge is 0.0822 e. The summed E-state index contributed by atoms with van der Waals surface area (Å²) in [6, 6.07) is 20.5. The SMILES string of the molecule is CCCCCc1ccc(-c2ccc(C3(C#N)CCC(CCC)CC3)cc2)cc1. The Bertz CT molecular complexity index is 755. The van der Waals surface area contributed by atoms with Crippen LogP contribution in [0.25, 0.3) is 11.1 Å². The zero-order valence-corrected chi connectivity index (χ0v) is 17.7. The molecule has 0 saturated heterocycles. The Kier molecular flexibility index (Phi) is 7.32. The molecular formula is C27H35N. The van der Waals surface area contributed by atoms with E-state index in [1.807, 2.05) is 0 Å². The third-order valence-corrected chi connectivity index (χ3v) is 6.66. The van der Waals surface area contributed by atoms with Gasteiger partial charge in [0, 0.05) is 0 Å². The summed E-state index contributed by atoms with van der Waals surface area (Å²) in [5.41, 5.74) is 4.89. The Morgan fingerprint density at radius 2 is 1.46 bits per heavy atom. The first-order valence-electron chi connectivity index (χ1n) is 11.3. The Labute approximate surface area is 171 Å². The fourth-order valence-corrected chi connectivity index (χ4v) is 4.76. The van der Waals surface area contributed by atoms with E-state index in [1.165, 1.54) is 73.6 Å². The number of unbranched alkanes of at least 4 members (excludes halogenated alkanes) is 2. The quantitative estimate of drug-likeness (QED) is 0.432. The molecule has 0 unspecified atom stereocenters. The Balaban J connectivity index is 1.68. The first kappa shape index (κ1) is 20.7. The molecule has 0 atom stereocenters. The van der Waals surface area contributed by atoms with Gasteiger partial charge in [-0.2, -0.15) is 5.26 Å². The van der Waals surface area contributed by atoms with Crippen molar-refractivity contribution in [1.29, 1.82) is 5.26 Å². The maximum Gasteiger partial charge on any atom is 0.0822 e. The number of aryl methyl sites for hydroxylation is 1. The molecule has 2 aromatic rings. The van der Waals surface area contributed by atoms with E-state index < -0.39 is 0 Å². The van der Waals surface area contributed by atoms with E-state index >= 15 is 0 Å². The van der Waals surface area contributed by atoms with E-state index in [4.69, 9.17) is 0 Å². The van der Waals surface area contributed by atoms with Crippen LogP contribution in [0.1, 0.15) is 82.8 Å². The first-order chi connectivity index (χ1) is 13.7. The predicted molar refractivity (Wildman–Crippen MR) is 119 cm³/mol. The van der Waals surface area contributed by atoms with Crippen molar-refractivity contribution in [2.75, 3.05) is 0 Å². The molecule has 1 fully saturated rings. The van der Waals surface area contributed by atoms with Gasteiger partial charge in [0.15, 0.2) is 0 Å². The maximum atomic E-state index is 9.97. The van der Waals surface area contributed by atoms with Gasteiger partial charge < -0.3 is 0 Å². The van der Waals surface area contributed by atoms with Gasteiger partial charge >= 0.3 is 0 Å². The van der Waals surface area contributed by atoms with Gasteiger partial charge in [-0.1, -0.05) is 88.1 Å². The number of benzene rings is 2. The molecule has 28 heavy (non-hydrogen) atoms. The highest BCUT2D eigenvalue weighted by atomic mass is 14.4.